The van der Waals surface area contributed by atoms with Crippen molar-refractivity contribution in [3.63, 3.8) is 0 Å². The maximum absolute atomic E-state index is 11.6. The van der Waals surface area contributed by atoms with Gasteiger partial charge in [-0.2, -0.15) is 0 Å². The van der Waals surface area contributed by atoms with E-state index in [0.29, 0.717) is 31.3 Å². The number of carbonyl (C=O) groups is 1. The van der Waals surface area contributed by atoms with Crippen LogP contribution in [0.15, 0.2) is 11.6 Å². The van der Waals surface area contributed by atoms with Gasteiger partial charge in [0.25, 0.3) is 0 Å². The Balaban J connectivity index is 1.37. The predicted molar refractivity (Wildman–Crippen MR) is 168 cm³/mol. The van der Waals surface area contributed by atoms with E-state index in [1.165, 1.54) is 70.6 Å². The van der Waals surface area contributed by atoms with Crippen molar-refractivity contribution in [1.82, 2.24) is 0 Å². The predicted octanol–water partition coefficient (Wildman–Crippen LogP) is 7.06. The first-order chi connectivity index (χ1) is 20.3. The van der Waals surface area contributed by atoms with Crippen molar-refractivity contribution < 1.29 is 34.7 Å². The number of esters is 1. The SMILES string of the molecule is CCCCCCCC(O)C(O)CC[C@H](O)[C@@H]1CC[C@H](CCCCCCCCCCCC[C@@H](O)CC2=C[C@H](C)OC2=O)O1. The van der Waals surface area contributed by atoms with Gasteiger partial charge in [0.15, 0.2) is 0 Å². The highest BCUT2D eigenvalue weighted by Gasteiger charge is 2.31. The molecule has 1 fully saturated rings. The molecule has 7 nitrogen and oxygen atoms in total. The molecular formula is C35H64O7. The van der Waals surface area contributed by atoms with Gasteiger partial charge in [-0.15, -0.1) is 0 Å². The number of carbonyl (C=O) groups excluding carboxylic acids is 1. The molecule has 0 spiro atoms. The monoisotopic (exact) mass is 596 g/mol. The molecule has 2 aliphatic rings. The summed E-state index contributed by atoms with van der Waals surface area (Å²) < 4.78 is 11.2. The summed E-state index contributed by atoms with van der Waals surface area (Å²) in [6.07, 6.45) is 22.7. The number of unbranched alkanes of at least 4 members (excludes halogenated alkanes) is 13. The van der Waals surface area contributed by atoms with Crippen LogP contribution in [0.3, 0.4) is 0 Å². The first-order valence-corrected chi connectivity index (χ1v) is 17.6. The molecular weight excluding hydrogens is 532 g/mol. The second kappa shape index (κ2) is 22.5. The van der Waals surface area contributed by atoms with Crippen LogP contribution in [0.5, 0.6) is 0 Å². The lowest BCUT2D eigenvalue weighted by atomic mass is 9.98. The van der Waals surface area contributed by atoms with Crippen LogP contribution in [0, 0.1) is 0 Å². The average molecular weight is 597 g/mol. The minimum Gasteiger partial charge on any atom is -0.455 e. The molecule has 0 amide bonds. The van der Waals surface area contributed by atoms with Crippen molar-refractivity contribution in [1.29, 1.82) is 0 Å². The Bertz CT molecular complexity index is 726. The van der Waals surface area contributed by atoms with Crippen LogP contribution in [0.4, 0.5) is 0 Å². The van der Waals surface area contributed by atoms with Crippen LogP contribution in [-0.4, -0.2) is 69.1 Å². The maximum Gasteiger partial charge on any atom is 0.334 e. The third-order valence-corrected chi connectivity index (χ3v) is 9.14. The van der Waals surface area contributed by atoms with Gasteiger partial charge < -0.3 is 29.9 Å². The number of hydrogen-bond donors (Lipinski definition) is 4. The topological polar surface area (TPSA) is 116 Å². The van der Waals surface area contributed by atoms with Crippen molar-refractivity contribution in [2.45, 2.75) is 204 Å². The number of rotatable bonds is 26. The molecule has 4 N–H and O–H groups in total. The van der Waals surface area contributed by atoms with E-state index in [1.54, 1.807) is 0 Å². The summed E-state index contributed by atoms with van der Waals surface area (Å²) >= 11 is 0. The summed E-state index contributed by atoms with van der Waals surface area (Å²) in [4.78, 5) is 11.6. The summed E-state index contributed by atoms with van der Waals surface area (Å²) in [6.45, 7) is 4.03. The Kier molecular flexibility index (Phi) is 19.9. The third kappa shape index (κ3) is 16.2. The maximum atomic E-state index is 11.6. The highest BCUT2D eigenvalue weighted by Crippen LogP contribution is 2.28. The molecule has 0 aromatic heterocycles. The van der Waals surface area contributed by atoms with E-state index < -0.39 is 24.4 Å². The van der Waals surface area contributed by atoms with Crippen molar-refractivity contribution in [3.8, 4) is 0 Å². The number of ether oxygens (including phenoxy) is 2. The largest absolute Gasteiger partial charge is 0.455 e. The molecule has 2 rings (SSSR count). The smallest absolute Gasteiger partial charge is 0.334 e. The van der Waals surface area contributed by atoms with Gasteiger partial charge in [-0.05, 0) is 57.9 Å². The Morgan fingerprint density at radius 2 is 1.31 bits per heavy atom. The van der Waals surface area contributed by atoms with Crippen LogP contribution < -0.4 is 0 Å². The van der Waals surface area contributed by atoms with Crippen molar-refractivity contribution >= 4 is 5.97 Å². The minimum atomic E-state index is -0.763. The zero-order chi connectivity index (χ0) is 30.6. The summed E-state index contributed by atoms with van der Waals surface area (Å²) in [5.74, 6) is -0.276. The molecule has 1 saturated heterocycles. The number of cyclic esters (lactones) is 1. The van der Waals surface area contributed by atoms with Crippen LogP contribution in [0.25, 0.3) is 0 Å². The molecule has 2 unspecified atom stereocenters. The fourth-order valence-electron chi connectivity index (χ4n) is 6.40. The van der Waals surface area contributed by atoms with Crippen molar-refractivity contribution in [2.24, 2.45) is 0 Å². The molecule has 0 aromatic carbocycles. The second-order valence-electron chi connectivity index (χ2n) is 13.1. The van der Waals surface area contributed by atoms with E-state index in [0.717, 1.165) is 51.4 Å². The number of aliphatic hydroxyl groups is 4. The van der Waals surface area contributed by atoms with Gasteiger partial charge in [0.1, 0.15) is 6.10 Å². The number of hydrogen-bond acceptors (Lipinski definition) is 7. The van der Waals surface area contributed by atoms with Crippen molar-refractivity contribution in [3.05, 3.63) is 11.6 Å². The van der Waals surface area contributed by atoms with E-state index in [4.69, 9.17) is 9.47 Å². The van der Waals surface area contributed by atoms with E-state index in [9.17, 15) is 25.2 Å². The quantitative estimate of drug-likeness (QED) is 0.0624. The zero-order valence-corrected chi connectivity index (χ0v) is 26.9. The van der Waals surface area contributed by atoms with Gasteiger partial charge in [0, 0.05) is 12.0 Å². The molecule has 2 heterocycles. The van der Waals surface area contributed by atoms with Gasteiger partial charge >= 0.3 is 5.97 Å². The fourth-order valence-corrected chi connectivity index (χ4v) is 6.40. The summed E-state index contributed by atoms with van der Waals surface area (Å²) in [5, 5.41) is 41.2. The van der Waals surface area contributed by atoms with E-state index in [1.807, 2.05) is 13.0 Å². The van der Waals surface area contributed by atoms with Gasteiger partial charge in [-0.25, -0.2) is 4.79 Å². The van der Waals surface area contributed by atoms with Crippen LogP contribution in [0.1, 0.15) is 162 Å². The van der Waals surface area contributed by atoms with Gasteiger partial charge in [-0.3, -0.25) is 0 Å². The molecule has 0 radical (unpaired) electrons. The average Bonchev–Trinajstić information content (AvgIpc) is 3.57. The van der Waals surface area contributed by atoms with E-state index in [2.05, 4.69) is 6.92 Å². The first kappa shape index (κ1) is 37.2. The van der Waals surface area contributed by atoms with Crippen LogP contribution >= 0.6 is 0 Å². The van der Waals surface area contributed by atoms with Crippen LogP contribution in [0.2, 0.25) is 0 Å². The Morgan fingerprint density at radius 3 is 1.93 bits per heavy atom. The molecule has 0 bridgehead atoms. The molecule has 2 aliphatic heterocycles. The number of aliphatic hydroxyl groups excluding tert-OH is 4. The molecule has 0 aliphatic carbocycles. The lowest BCUT2D eigenvalue weighted by Gasteiger charge is -2.22. The highest BCUT2D eigenvalue weighted by atomic mass is 16.5. The van der Waals surface area contributed by atoms with Crippen LogP contribution in [-0.2, 0) is 14.3 Å². The Hall–Kier alpha value is -0.990. The summed E-state index contributed by atoms with van der Waals surface area (Å²) in [5.41, 5.74) is 0.622. The lowest BCUT2D eigenvalue weighted by Crippen LogP contribution is -2.31. The van der Waals surface area contributed by atoms with E-state index in [-0.39, 0.29) is 24.3 Å². The molecule has 7 atom stereocenters. The Morgan fingerprint density at radius 1 is 0.738 bits per heavy atom. The minimum absolute atomic E-state index is 0.135. The third-order valence-electron chi connectivity index (χ3n) is 9.14. The molecule has 0 aromatic rings. The summed E-state index contributed by atoms with van der Waals surface area (Å²) in [7, 11) is 0. The van der Waals surface area contributed by atoms with Gasteiger partial charge in [0.05, 0.1) is 36.6 Å². The molecule has 7 heteroatoms. The zero-order valence-electron chi connectivity index (χ0n) is 26.9. The second-order valence-corrected chi connectivity index (χ2v) is 13.1. The van der Waals surface area contributed by atoms with Gasteiger partial charge in [-0.1, -0.05) is 103 Å². The molecule has 0 saturated carbocycles. The summed E-state index contributed by atoms with van der Waals surface area (Å²) in [6, 6.07) is 0. The highest BCUT2D eigenvalue weighted by molar-refractivity contribution is 5.90. The normalized spacial score (nSPS) is 23.5. The molecule has 246 valence electrons. The Labute approximate surface area is 256 Å². The fraction of sp³-hybridized carbons (Fsp3) is 0.914. The standard InChI is InChI=1S/C35H64O7/c1-3-4-5-12-17-20-31(37)32(38)22-23-33(39)34-24-21-30(42-34)19-16-14-11-9-7-6-8-10-13-15-18-29(36)26-28-25-27(2)41-35(28)40/h25,27,29-34,36-39H,3-24,26H2,1-2H3/t27-,29+,30-,31?,32?,33-,34-/m0/s1. The lowest BCUT2D eigenvalue weighted by molar-refractivity contribution is -0.139. The van der Waals surface area contributed by atoms with E-state index >= 15 is 0 Å². The van der Waals surface area contributed by atoms with Crippen molar-refractivity contribution in [2.75, 3.05) is 0 Å². The first-order valence-electron chi connectivity index (χ1n) is 17.6. The van der Waals surface area contributed by atoms with Gasteiger partial charge in [0.2, 0.25) is 0 Å². The molecule has 42 heavy (non-hydrogen) atoms.